The number of aliphatic imine (C=N–C) groups is 2. The molecule has 7 nitrogen and oxygen atoms in total. The molecular formula is C13H17ClN6O. The molecule has 1 aromatic rings. The largest absolute Gasteiger partial charge is 0.479 e. The molecule has 0 aliphatic carbocycles. The van der Waals surface area contributed by atoms with Crippen LogP contribution in [0.4, 0.5) is 5.69 Å². The summed E-state index contributed by atoms with van der Waals surface area (Å²) in [5.74, 6) is 0.996. The molecule has 0 atom stereocenters. The Hall–Kier alpha value is -2.46. The zero-order chi connectivity index (χ0) is 14.8. The monoisotopic (exact) mass is 308 g/mol. The Labute approximate surface area is 129 Å². The molecule has 0 fully saturated rings. The first kappa shape index (κ1) is 16.6. The first-order chi connectivity index (χ1) is 9.44. The Kier molecular flexibility index (Phi) is 5.00. The van der Waals surface area contributed by atoms with Crippen LogP contribution in [0.1, 0.15) is 13.8 Å². The first-order valence-corrected chi connectivity index (χ1v) is 6.03. The predicted molar refractivity (Wildman–Crippen MR) is 84.6 cm³/mol. The van der Waals surface area contributed by atoms with Crippen LogP contribution in [0.2, 0.25) is 0 Å². The Balaban J connectivity index is 0.00000220. The quantitative estimate of drug-likeness (QED) is 0.871. The van der Waals surface area contributed by atoms with Crippen molar-refractivity contribution in [2.24, 2.45) is 21.5 Å². The van der Waals surface area contributed by atoms with Crippen molar-refractivity contribution in [3.05, 3.63) is 24.3 Å². The van der Waals surface area contributed by atoms with Gasteiger partial charge in [-0.15, -0.1) is 12.4 Å². The van der Waals surface area contributed by atoms with E-state index in [0.29, 0.717) is 5.75 Å². The number of nitrogens with zero attached hydrogens (tertiary/aromatic N) is 4. The van der Waals surface area contributed by atoms with Crippen molar-refractivity contribution in [3.63, 3.8) is 0 Å². The van der Waals surface area contributed by atoms with Crippen molar-refractivity contribution in [2.75, 3.05) is 11.5 Å². The smallest absolute Gasteiger partial charge is 0.220 e. The van der Waals surface area contributed by atoms with Gasteiger partial charge >= 0.3 is 0 Å². The third kappa shape index (κ3) is 3.55. The zero-order valence-corrected chi connectivity index (χ0v) is 12.6. The first-order valence-electron chi connectivity index (χ1n) is 6.03. The molecule has 1 aliphatic rings. The summed E-state index contributed by atoms with van der Waals surface area (Å²) < 4.78 is 5.28. The maximum absolute atomic E-state index is 8.54. The molecule has 0 saturated carbocycles. The highest BCUT2D eigenvalue weighted by Crippen LogP contribution is 2.29. The highest BCUT2D eigenvalue weighted by molar-refractivity contribution is 6.05. The lowest BCUT2D eigenvalue weighted by Crippen LogP contribution is -2.54. The fraction of sp³-hybridized carbons (Fsp3) is 0.308. The summed E-state index contributed by atoms with van der Waals surface area (Å²) in [6.45, 7) is 3.75. The fourth-order valence-corrected chi connectivity index (χ4v) is 2.08. The van der Waals surface area contributed by atoms with Crippen molar-refractivity contribution < 1.29 is 4.74 Å². The molecular weight excluding hydrogens is 292 g/mol. The number of rotatable bonds is 3. The van der Waals surface area contributed by atoms with Crippen LogP contribution in [0, 0.1) is 11.3 Å². The number of halogens is 1. The van der Waals surface area contributed by atoms with Gasteiger partial charge in [0.2, 0.25) is 11.9 Å². The average molecular weight is 309 g/mol. The number of anilines is 1. The van der Waals surface area contributed by atoms with Crippen molar-refractivity contribution in [2.45, 2.75) is 19.5 Å². The lowest BCUT2D eigenvalue weighted by Gasteiger charge is -2.38. The summed E-state index contributed by atoms with van der Waals surface area (Å²) in [5, 5.41) is 8.54. The van der Waals surface area contributed by atoms with Crippen molar-refractivity contribution >= 4 is 30.0 Å². The second kappa shape index (κ2) is 6.33. The van der Waals surface area contributed by atoms with Gasteiger partial charge in [-0.3, -0.25) is 4.90 Å². The Bertz CT molecular complexity index is 619. The molecule has 0 radical (unpaired) electrons. The summed E-state index contributed by atoms with van der Waals surface area (Å²) >= 11 is 0. The van der Waals surface area contributed by atoms with Gasteiger partial charge in [-0.2, -0.15) is 10.3 Å². The summed E-state index contributed by atoms with van der Waals surface area (Å²) in [4.78, 5) is 10.0. The van der Waals surface area contributed by atoms with Gasteiger partial charge in [0.05, 0.1) is 0 Å². The van der Waals surface area contributed by atoms with E-state index in [-0.39, 0.29) is 30.9 Å². The van der Waals surface area contributed by atoms with Crippen LogP contribution in [-0.4, -0.2) is 24.2 Å². The molecule has 0 bridgehead atoms. The molecule has 0 aromatic heterocycles. The Morgan fingerprint density at radius 2 is 2.10 bits per heavy atom. The van der Waals surface area contributed by atoms with Gasteiger partial charge < -0.3 is 16.2 Å². The van der Waals surface area contributed by atoms with Gasteiger partial charge in [-0.05, 0) is 26.0 Å². The van der Waals surface area contributed by atoms with Gasteiger partial charge in [-0.1, -0.05) is 6.07 Å². The van der Waals surface area contributed by atoms with Crippen LogP contribution in [0.5, 0.6) is 5.75 Å². The summed E-state index contributed by atoms with van der Waals surface area (Å²) in [5.41, 5.74) is 11.7. The molecule has 0 spiro atoms. The van der Waals surface area contributed by atoms with E-state index in [9.17, 15) is 0 Å². The highest BCUT2D eigenvalue weighted by atomic mass is 35.5. The normalized spacial score (nSPS) is 16.1. The van der Waals surface area contributed by atoms with Crippen molar-refractivity contribution in [1.29, 1.82) is 5.26 Å². The van der Waals surface area contributed by atoms with Gasteiger partial charge in [-0.25, -0.2) is 4.99 Å². The maximum atomic E-state index is 8.54. The molecule has 1 aromatic carbocycles. The zero-order valence-electron chi connectivity index (χ0n) is 11.8. The second-order valence-electron chi connectivity index (χ2n) is 4.71. The maximum Gasteiger partial charge on any atom is 0.220 e. The summed E-state index contributed by atoms with van der Waals surface area (Å²) in [6, 6.07) is 9.14. The van der Waals surface area contributed by atoms with Gasteiger partial charge in [0.15, 0.2) is 6.61 Å². The van der Waals surface area contributed by atoms with Crippen LogP contribution >= 0.6 is 12.4 Å². The number of hydrogen-bond acceptors (Lipinski definition) is 7. The molecule has 4 N–H and O–H groups in total. The molecule has 0 amide bonds. The molecule has 8 heteroatoms. The molecule has 0 unspecified atom stereocenters. The number of ether oxygens (including phenoxy) is 1. The summed E-state index contributed by atoms with van der Waals surface area (Å²) in [7, 11) is 0. The van der Waals surface area contributed by atoms with Crippen LogP contribution in [0.25, 0.3) is 0 Å². The van der Waals surface area contributed by atoms with Crippen LogP contribution in [0.3, 0.4) is 0 Å². The molecule has 21 heavy (non-hydrogen) atoms. The van der Waals surface area contributed by atoms with E-state index in [4.69, 9.17) is 21.5 Å². The van der Waals surface area contributed by atoms with Crippen LogP contribution in [0.15, 0.2) is 34.3 Å². The van der Waals surface area contributed by atoms with E-state index < -0.39 is 5.66 Å². The molecule has 1 aliphatic heterocycles. The predicted octanol–water partition coefficient (Wildman–Crippen LogP) is 1.20. The Morgan fingerprint density at radius 1 is 1.38 bits per heavy atom. The van der Waals surface area contributed by atoms with E-state index in [0.717, 1.165) is 5.69 Å². The van der Waals surface area contributed by atoms with E-state index in [1.165, 1.54) is 0 Å². The number of benzene rings is 1. The molecule has 1 heterocycles. The molecule has 2 rings (SSSR count). The van der Waals surface area contributed by atoms with E-state index in [1.807, 2.05) is 32.0 Å². The topological polar surface area (TPSA) is 113 Å². The van der Waals surface area contributed by atoms with Crippen LogP contribution < -0.4 is 21.1 Å². The average Bonchev–Trinajstić information content (AvgIpc) is 2.34. The highest BCUT2D eigenvalue weighted by Gasteiger charge is 2.33. The Morgan fingerprint density at radius 3 is 2.71 bits per heavy atom. The van der Waals surface area contributed by atoms with E-state index >= 15 is 0 Å². The lowest BCUT2D eigenvalue weighted by atomic mass is 10.1. The molecule has 112 valence electrons. The van der Waals surface area contributed by atoms with Crippen molar-refractivity contribution in [3.8, 4) is 11.8 Å². The van der Waals surface area contributed by atoms with Gasteiger partial charge in [0, 0.05) is 11.8 Å². The lowest BCUT2D eigenvalue weighted by molar-refractivity contribution is 0.368. The fourth-order valence-electron chi connectivity index (χ4n) is 2.08. The molecule has 0 saturated heterocycles. The third-order valence-corrected chi connectivity index (χ3v) is 2.77. The van der Waals surface area contributed by atoms with Gasteiger partial charge in [0.25, 0.3) is 0 Å². The van der Waals surface area contributed by atoms with E-state index in [1.54, 1.807) is 17.0 Å². The minimum Gasteiger partial charge on any atom is -0.479 e. The van der Waals surface area contributed by atoms with E-state index in [2.05, 4.69) is 9.98 Å². The third-order valence-electron chi connectivity index (χ3n) is 2.77. The number of guanidine groups is 2. The number of nitriles is 1. The van der Waals surface area contributed by atoms with Crippen molar-refractivity contribution in [1.82, 2.24) is 0 Å². The van der Waals surface area contributed by atoms with Crippen LogP contribution in [-0.2, 0) is 0 Å². The standard InChI is InChI=1S/C13H16N6O.ClH/c1-13(2)18-11(15)17-12(16)19(13)9-4-3-5-10(8-9)20-7-6-14;/h3-5,8H,7H2,1-2H3,(H4,15,16,17,18);1H. The van der Waals surface area contributed by atoms with Gasteiger partial charge in [0.1, 0.15) is 17.5 Å². The minimum absolute atomic E-state index is 0. The number of hydrogen-bond donors (Lipinski definition) is 2. The second-order valence-corrected chi connectivity index (χ2v) is 4.71. The SMILES string of the molecule is CC1(C)N=C(N)N=C(N)N1c1cccc(OCC#N)c1.Cl. The number of nitrogens with two attached hydrogens (primary N) is 2. The minimum atomic E-state index is -0.649. The summed E-state index contributed by atoms with van der Waals surface area (Å²) in [6.07, 6.45) is 0.